The van der Waals surface area contributed by atoms with Gasteiger partial charge < -0.3 is 5.32 Å². The maximum atomic E-state index is 12.9. The SMILES string of the molecule is N#Cc1ccc(Cc2cc(C(=O)C(=O)Nc3c(Cl)cncc3Cl)c3cccnn23)cc1. The average molecular weight is 450 g/mol. The van der Waals surface area contributed by atoms with Gasteiger partial charge in [0.15, 0.2) is 0 Å². The van der Waals surface area contributed by atoms with Gasteiger partial charge in [-0.2, -0.15) is 10.4 Å². The van der Waals surface area contributed by atoms with Crippen LogP contribution in [0.4, 0.5) is 5.69 Å². The normalized spacial score (nSPS) is 10.6. The molecule has 0 bridgehead atoms. The number of fused-ring (bicyclic) bond motifs is 1. The molecule has 0 aliphatic rings. The van der Waals surface area contributed by atoms with Gasteiger partial charge in [-0.15, -0.1) is 0 Å². The van der Waals surface area contributed by atoms with Gasteiger partial charge in [-0.1, -0.05) is 35.3 Å². The number of pyridine rings is 1. The zero-order valence-electron chi connectivity index (χ0n) is 15.8. The molecular weight excluding hydrogens is 437 g/mol. The van der Waals surface area contributed by atoms with Gasteiger partial charge in [0.2, 0.25) is 0 Å². The Bertz CT molecular complexity index is 1340. The van der Waals surface area contributed by atoms with Crippen LogP contribution in [0, 0.1) is 11.3 Å². The van der Waals surface area contributed by atoms with Crippen LogP contribution in [-0.2, 0) is 11.2 Å². The number of benzene rings is 1. The highest BCUT2D eigenvalue weighted by Crippen LogP contribution is 2.29. The average Bonchev–Trinajstić information content (AvgIpc) is 3.14. The molecule has 0 unspecified atom stereocenters. The Morgan fingerprint density at radius 3 is 2.48 bits per heavy atom. The summed E-state index contributed by atoms with van der Waals surface area (Å²) in [5.41, 5.74) is 3.03. The van der Waals surface area contributed by atoms with Crippen molar-refractivity contribution in [2.24, 2.45) is 0 Å². The summed E-state index contributed by atoms with van der Waals surface area (Å²) in [6.45, 7) is 0. The van der Waals surface area contributed by atoms with Crippen LogP contribution in [0.25, 0.3) is 5.52 Å². The highest BCUT2D eigenvalue weighted by atomic mass is 35.5. The first kappa shape index (κ1) is 20.5. The summed E-state index contributed by atoms with van der Waals surface area (Å²) in [6.07, 6.45) is 4.70. The first-order valence-corrected chi connectivity index (χ1v) is 9.83. The Labute approximate surface area is 186 Å². The monoisotopic (exact) mass is 449 g/mol. The molecule has 1 amide bonds. The van der Waals surface area contributed by atoms with E-state index in [9.17, 15) is 9.59 Å². The van der Waals surface area contributed by atoms with Crippen molar-refractivity contribution < 1.29 is 9.59 Å². The number of aromatic nitrogens is 3. The topological polar surface area (TPSA) is 100 Å². The molecule has 0 saturated heterocycles. The van der Waals surface area contributed by atoms with E-state index in [0.29, 0.717) is 17.5 Å². The van der Waals surface area contributed by atoms with Crippen LogP contribution < -0.4 is 5.32 Å². The number of carbonyl (C=O) groups is 2. The number of rotatable bonds is 5. The van der Waals surface area contributed by atoms with E-state index in [0.717, 1.165) is 11.3 Å². The highest BCUT2D eigenvalue weighted by molar-refractivity contribution is 6.49. The first-order chi connectivity index (χ1) is 15.0. The van der Waals surface area contributed by atoms with Gasteiger partial charge in [0.05, 0.1) is 38.4 Å². The Hall–Kier alpha value is -3.73. The lowest BCUT2D eigenvalue weighted by atomic mass is 10.1. The van der Waals surface area contributed by atoms with Gasteiger partial charge in [0, 0.05) is 30.7 Å². The third-order valence-corrected chi connectivity index (χ3v) is 5.19. The van der Waals surface area contributed by atoms with Crippen molar-refractivity contribution in [1.82, 2.24) is 14.6 Å². The Kier molecular flexibility index (Phi) is 5.67. The van der Waals surface area contributed by atoms with Crippen molar-refractivity contribution in [2.75, 3.05) is 5.32 Å². The molecule has 1 aromatic carbocycles. The van der Waals surface area contributed by atoms with E-state index in [-0.39, 0.29) is 21.3 Å². The van der Waals surface area contributed by atoms with Gasteiger partial charge >= 0.3 is 0 Å². The molecule has 0 fully saturated rings. The van der Waals surface area contributed by atoms with Crippen molar-refractivity contribution >= 4 is 46.1 Å². The maximum absolute atomic E-state index is 12.9. The Morgan fingerprint density at radius 1 is 1.10 bits per heavy atom. The zero-order chi connectivity index (χ0) is 22.0. The van der Waals surface area contributed by atoms with E-state index < -0.39 is 11.7 Å². The second-order valence-corrected chi connectivity index (χ2v) is 7.43. The van der Waals surface area contributed by atoms with Crippen LogP contribution in [-0.4, -0.2) is 26.3 Å². The van der Waals surface area contributed by atoms with E-state index in [2.05, 4.69) is 21.5 Å². The molecular formula is C22H13Cl2N5O2. The number of carbonyl (C=O) groups excluding carboxylic acids is 2. The molecule has 4 aromatic rings. The van der Waals surface area contributed by atoms with E-state index in [1.54, 1.807) is 41.0 Å². The van der Waals surface area contributed by atoms with Crippen LogP contribution in [0.3, 0.4) is 0 Å². The number of nitrogens with zero attached hydrogens (tertiary/aromatic N) is 4. The van der Waals surface area contributed by atoms with Crippen LogP contribution in [0.15, 0.2) is 61.1 Å². The smallest absolute Gasteiger partial charge is 0.296 e. The molecule has 0 saturated carbocycles. The summed E-state index contributed by atoms with van der Waals surface area (Å²) in [7, 11) is 0. The standard InChI is InChI=1S/C22H13Cl2N5O2/c23-17-11-26-12-18(24)20(17)28-22(31)21(30)16-9-15(29-19(16)2-1-7-27-29)8-13-3-5-14(10-25)6-4-13/h1-7,9,11-12H,8H2,(H,26,28,31). The summed E-state index contributed by atoms with van der Waals surface area (Å²) in [5, 5.41) is 16.0. The predicted molar refractivity (Wildman–Crippen MR) is 116 cm³/mol. The summed E-state index contributed by atoms with van der Waals surface area (Å²) in [4.78, 5) is 29.4. The van der Waals surface area contributed by atoms with Crippen molar-refractivity contribution in [3.05, 3.63) is 93.5 Å². The largest absolute Gasteiger partial charge is 0.316 e. The highest BCUT2D eigenvalue weighted by Gasteiger charge is 2.24. The zero-order valence-corrected chi connectivity index (χ0v) is 17.4. The fourth-order valence-corrected chi connectivity index (χ4v) is 3.60. The lowest BCUT2D eigenvalue weighted by molar-refractivity contribution is -0.112. The molecule has 0 spiro atoms. The molecule has 3 aromatic heterocycles. The minimum atomic E-state index is -0.878. The molecule has 152 valence electrons. The Balaban J connectivity index is 1.66. The second kappa shape index (κ2) is 8.56. The number of amides is 1. The van der Waals surface area contributed by atoms with E-state index in [1.165, 1.54) is 12.4 Å². The van der Waals surface area contributed by atoms with Gasteiger partial charge in [-0.05, 0) is 35.9 Å². The van der Waals surface area contributed by atoms with Crippen molar-refractivity contribution in [2.45, 2.75) is 6.42 Å². The van der Waals surface area contributed by atoms with Crippen molar-refractivity contribution in [3.8, 4) is 6.07 Å². The maximum Gasteiger partial charge on any atom is 0.296 e. The van der Waals surface area contributed by atoms with E-state index in [4.69, 9.17) is 28.5 Å². The summed E-state index contributed by atoms with van der Waals surface area (Å²) in [5.74, 6) is -1.63. The van der Waals surface area contributed by atoms with E-state index in [1.807, 2.05) is 12.1 Å². The fourth-order valence-electron chi connectivity index (χ4n) is 3.14. The number of anilines is 1. The molecule has 1 N–H and O–H groups in total. The minimum absolute atomic E-state index is 0.121. The number of nitrogens with one attached hydrogen (secondary N) is 1. The molecule has 31 heavy (non-hydrogen) atoms. The lowest BCUT2D eigenvalue weighted by Crippen LogP contribution is -2.23. The summed E-state index contributed by atoms with van der Waals surface area (Å²) >= 11 is 12.1. The number of Topliss-reactive ketones (excluding diaryl/α,β-unsaturated/α-hetero) is 1. The molecule has 0 aliphatic heterocycles. The van der Waals surface area contributed by atoms with Crippen LogP contribution in [0.2, 0.25) is 10.0 Å². The minimum Gasteiger partial charge on any atom is -0.316 e. The van der Waals surface area contributed by atoms with Gasteiger partial charge in [0.25, 0.3) is 11.7 Å². The third-order valence-electron chi connectivity index (χ3n) is 4.62. The second-order valence-electron chi connectivity index (χ2n) is 6.62. The number of ketones is 1. The van der Waals surface area contributed by atoms with Gasteiger partial charge in [-0.25, -0.2) is 4.52 Å². The number of hydrogen-bond donors (Lipinski definition) is 1. The van der Waals surface area contributed by atoms with Crippen molar-refractivity contribution in [1.29, 1.82) is 5.26 Å². The molecule has 0 radical (unpaired) electrons. The lowest BCUT2D eigenvalue weighted by Gasteiger charge is -2.07. The molecule has 4 rings (SSSR count). The number of nitriles is 1. The number of hydrogen-bond acceptors (Lipinski definition) is 5. The molecule has 0 atom stereocenters. The Morgan fingerprint density at radius 2 is 1.81 bits per heavy atom. The van der Waals surface area contributed by atoms with Gasteiger partial charge in [0.1, 0.15) is 0 Å². The molecule has 7 nitrogen and oxygen atoms in total. The van der Waals surface area contributed by atoms with Crippen LogP contribution >= 0.6 is 23.2 Å². The first-order valence-electron chi connectivity index (χ1n) is 9.07. The quantitative estimate of drug-likeness (QED) is 0.361. The summed E-state index contributed by atoms with van der Waals surface area (Å²) < 4.78 is 1.62. The van der Waals surface area contributed by atoms with E-state index >= 15 is 0 Å². The molecule has 3 heterocycles. The third kappa shape index (κ3) is 4.12. The molecule has 9 heteroatoms. The fraction of sp³-hybridized carbons (Fsp3) is 0.0455. The predicted octanol–water partition coefficient (Wildman–Crippen LogP) is 4.32. The molecule has 0 aliphatic carbocycles. The van der Waals surface area contributed by atoms with Crippen molar-refractivity contribution in [3.63, 3.8) is 0 Å². The van der Waals surface area contributed by atoms with Gasteiger partial charge in [-0.3, -0.25) is 14.6 Å². The van der Waals surface area contributed by atoms with Crippen LogP contribution in [0.5, 0.6) is 0 Å². The van der Waals surface area contributed by atoms with Crippen LogP contribution in [0.1, 0.15) is 27.2 Å². The summed E-state index contributed by atoms with van der Waals surface area (Å²) in [6, 6.07) is 14.2. The number of halogens is 2.